The van der Waals surface area contributed by atoms with Gasteiger partial charge >= 0.3 is 5.63 Å². The fourth-order valence-electron chi connectivity index (χ4n) is 3.85. The number of aryl methyl sites for hydroxylation is 3. The molecule has 1 aromatic carbocycles. The van der Waals surface area contributed by atoms with E-state index < -0.39 is 11.6 Å². The first-order valence-electron chi connectivity index (χ1n) is 10.8. The molecule has 0 bridgehead atoms. The minimum atomic E-state index is -0.833. The Bertz CT molecular complexity index is 1180. The number of carboxylic acids is 1. The summed E-state index contributed by atoms with van der Waals surface area (Å²) in [6, 6.07) is 9.90. The highest BCUT2D eigenvalue weighted by Crippen LogP contribution is 2.20. The number of aliphatic carboxylic acids is 1. The summed E-state index contributed by atoms with van der Waals surface area (Å²) in [6.45, 7) is 4.44. The van der Waals surface area contributed by atoms with Gasteiger partial charge in [-0.15, -0.1) is 0 Å². The van der Waals surface area contributed by atoms with Gasteiger partial charge in [0.25, 0.3) is 11.9 Å². The molecule has 4 rings (SSSR count). The summed E-state index contributed by atoms with van der Waals surface area (Å²) >= 11 is 0. The quantitative estimate of drug-likeness (QED) is 0.535. The number of nitrogens with two attached hydrogens (primary N) is 1. The van der Waals surface area contributed by atoms with Crippen LogP contribution in [0.3, 0.4) is 0 Å². The van der Waals surface area contributed by atoms with Crippen molar-refractivity contribution in [2.45, 2.75) is 32.8 Å². The molecule has 3 aromatic rings. The van der Waals surface area contributed by atoms with Crippen molar-refractivity contribution in [3.63, 3.8) is 0 Å². The van der Waals surface area contributed by atoms with Gasteiger partial charge in [-0.05, 0) is 36.6 Å². The van der Waals surface area contributed by atoms with Crippen LogP contribution in [0, 0.1) is 6.92 Å². The molecule has 33 heavy (non-hydrogen) atoms. The molecule has 1 saturated heterocycles. The third-order valence-electron chi connectivity index (χ3n) is 5.42. The highest BCUT2D eigenvalue weighted by Gasteiger charge is 2.27. The number of fused-ring (bicyclic) bond motifs is 1. The van der Waals surface area contributed by atoms with Crippen molar-refractivity contribution in [3.8, 4) is 0 Å². The number of hydrogen-bond acceptors (Lipinski definition) is 6. The predicted octanol–water partition coefficient (Wildman–Crippen LogP) is 2.11. The lowest BCUT2D eigenvalue weighted by atomic mass is 10.0. The number of aromatic nitrogens is 1. The minimum Gasteiger partial charge on any atom is -0.481 e. The van der Waals surface area contributed by atoms with E-state index >= 15 is 0 Å². The van der Waals surface area contributed by atoms with Gasteiger partial charge in [-0.3, -0.25) is 9.59 Å². The number of morpholine rings is 1. The molecule has 0 spiro atoms. The lowest BCUT2D eigenvalue weighted by molar-refractivity contribution is -0.134. The van der Waals surface area contributed by atoms with Crippen LogP contribution in [-0.2, 0) is 22.4 Å². The standard InChI is InChI=1S/C22H25N3O4.C2H4O2/c1-14-10-16(7-6-15-12-24-19-5-3-2-4-18(15)19)29-22(27)20(14)21(26)25-8-9-28-17(11-23)13-25;1-2(3)4/h2-5,10,12,17,24H,6-9,11,13,23H2,1H3;1H3,(H,3,4). The lowest BCUT2D eigenvalue weighted by Gasteiger charge is -2.32. The number of para-hydroxylation sites is 1. The second kappa shape index (κ2) is 10.9. The smallest absolute Gasteiger partial charge is 0.349 e. The molecule has 1 unspecified atom stereocenters. The first kappa shape index (κ1) is 24.2. The van der Waals surface area contributed by atoms with E-state index in [4.69, 9.17) is 24.8 Å². The highest BCUT2D eigenvalue weighted by atomic mass is 16.5. The van der Waals surface area contributed by atoms with Crippen LogP contribution in [0.15, 0.2) is 45.7 Å². The number of H-pyrrole nitrogens is 1. The number of nitrogens with one attached hydrogen (secondary N) is 1. The van der Waals surface area contributed by atoms with Crippen LogP contribution >= 0.6 is 0 Å². The number of hydrogen-bond donors (Lipinski definition) is 3. The van der Waals surface area contributed by atoms with Gasteiger partial charge in [-0.25, -0.2) is 4.79 Å². The van der Waals surface area contributed by atoms with E-state index in [0.717, 1.165) is 18.9 Å². The Morgan fingerprint density at radius 2 is 2.00 bits per heavy atom. The maximum atomic E-state index is 12.9. The van der Waals surface area contributed by atoms with Crippen molar-refractivity contribution in [2.75, 3.05) is 26.2 Å². The molecule has 1 aliphatic heterocycles. The summed E-state index contributed by atoms with van der Waals surface area (Å²) < 4.78 is 11.0. The maximum Gasteiger partial charge on any atom is 0.349 e. The van der Waals surface area contributed by atoms with Gasteiger partial charge in [0, 0.05) is 50.1 Å². The fraction of sp³-hybridized carbons (Fsp3) is 0.375. The monoisotopic (exact) mass is 455 g/mol. The van der Waals surface area contributed by atoms with E-state index in [-0.39, 0.29) is 17.6 Å². The zero-order chi connectivity index (χ0) is 24.0. The largest absolute Gasteiger partial charge is 0.481 e. The molecule has 0 saturated carbocycles. The van der Waals surface area contributed by atoms with Gasteiger partial charge in [0.2, 0.25) is 0 Å². The van der Waals surface area contributed by atoms with E-state index in [1.54, 1.807) is 17.9 Å². The summed E-state index contributed by atoms with van der Waals surface area (Å²) in [4.78, 5) is 39.3. The zero-order valence-corrected chi connectivity index (χ0v) is 18.8. The number of amides is 1. The Labute approximate surface area is 191 Å². The number of carbonyl (C=O) groups excluding carboxylic acids is 1. The van der Waals surface area contributed by atoms with Gasteiger partial charge in [-0.1, -0.05) is 18.2 Å². The molecule has 2 aromatic heterocycles. The molecule has 176 valence electrons. The normalized spacial score (nSPS) is 15.7. The molecule has 1 amide bonds. The molecule has 0 aliphatic carbocycles. The van der Waals surface area contributed by atoms with Gasteiger partial charge < -0.3 is 29.9 Å². The van der Waals surface area contributed by atoms with Crippen molar-refractivity contribution in [2.24, 2.45) is 5.73 Å². The number of carboxylic acid groups (broad SMARTS) is 1. The summed E-state index contributed by atoms with van der Waals surface area (Å²) in [5, 5.41) is 8.58. The summed E-state index contributed by atoms with van der Waals surface area (Å²) in [6.07, 6.45) is 3.11. The SMILES string of the molecule is CC(=O)O.Cc1cc(CCc2c[nH]c3ccccc23)oc(=O)c1C(=O)N1CCOC(CN)C1. The first-order chi connectivity index (χ1) is 15.8. The molecule has 9 heteroatoms. The van der Waals surface area contributed by atoms with Crippen LogP contribution in [-0.4, -0.2) is 59.2 Å². The third kappa shape index (κ3) is 6.09. The Morgan fingerprint density at radius 3 is 2.70 bits per heavy atom. The number of benzene rings is 1. The molecule has 1 fully saturated rings. The van der Waals surface area contributed by atoms with E-state index in [1.807, 2.05) is 24.4 Å². The molecule has 1 aliphatic rings. The Morgan fingerprint density at radius 1 is 1.27 bits per heavy atom. The van der Waals surface area contributed by atoms with Crippen molar-refractivity contribution in [1.29, 1.82) is 0 Å². The molecule has 9 nitrogen and oxygen atoms in total. The number of rotatable bonds is 5. The second-order valence-corrected chi connectivity index (χ2v) is 7.92. The maximum absolute atomic E-state index is 12.9. The number of carbonyl (C=O) groups is 2. The van der Waals surface area contributed by atoms with Crippen LogP contribution in [0.25, 0.3) is 10.9 Å². The van der Waals surface area contributed by atoms with E-state index in [1.165, 1.54) is 10.9 Å². The third-order valence-corrected chi connectivity index (χ3v) is 5.42. The van der Waals surface area contributed by atoms with Crippen molar-refractivity contribution in [1.82, 2.24) is 9.88 Å². The fourth-order valence-corrected chi connectivity index (χ4v) is 3.85. The van der Waals surface area contributed by atoms with Crippen LogP contribution in [0.5, 0.6) is 0 Å². The number of ether oxygens (including phenoxy) is 1. The summed E-state index contributed by atoms with van der Waals surface area (Å²) in [5.74, 6) is -0.572. The average Bonchev–Trinajstić information content (AvgIpc) is 3.20. The Hall–Kier alpha value is -3.43. The molecule has 0 radical (unpaired) electrons. The summed E-state index contributed by atoms with van der Waals surface area (Å²) in [7, 11) is 0. The van der Waals surface area contributed by atoms with Gasteiger partial charge in [-0.2, -0.15) is 0 Å². The van der Waals surface area contributed by atoms with Crippen LogP contribution in [0.2, 0.25) is 0 Å². The molecular weight excluding hydrogens is 426 g/mol. The Kier molecular flexibility index (Phi) is 8.02. The molecule has 1 atom stereocenters. The van der Waals surface area contributed by atoms with E-state index in [9.17, 15) is 9.59 Å². The predicted molar refractivity (Wildman–Crippen MR) is 123 cm³/mol. The van der Waals surface area contributed by atoms with Crippen LogP contribution in [0.4, 0.5) is 0 Å². The number of aromatic amines is 1. The molecular formula is C24H29N3O6. The molecule has 4 N–H and O–H groups in total. The van der Waals surface area contributed by atoms with E-state index in [2.05, 4.69) is 11.1 Å². The zero-order valence-electron chi connectivity index (χ0n) is 18.8. The number of nitrogens with zero attached hydrogens (tertiary/aromatic N) is 1. The minimum absolute atomic E-state index is 0.0958. The van der Waals surface area contributed by atoms with Crippen molar-refractivity contribution in [3.05, 3.63) is 69.4 Å². The second-order valence-electron chi connectivity index (χ2n) is 7.92. The topological polar surface area (TPSA) is 139 Å². The van der Waals surface area contributed by atoms with Gasteiger partial charge in [0.1, 0.15) is 11.3 Å². The van der Waals surface area contributed by atoms with Gasteiger partial charge in [0.05, 0.1) is 12.7 Å². The molecule has 3 heterocycles. The first-order valence-corrected chi connectivity index (χ1v) is 10.8. The van der Waals surface area contributed by atoms with Crippen LogP contribution < -0.4 is 11.4 Å². The Balaban J connectivity index is 0.000000709. The average molecular weight is 456 g/mol. The van der Waals surface area contributed by atoms with Crippen molar-refractivity contribution >= 4 is 22.8 Å². The highest BCUT2D eigenvalue weighted by molar-refractivity contribution is 5.95. The van der Waals surface area contributed by atoms with Gasteiger partial charge in [0.15, 0.2) is 0 Å². The van der Waals surface area contributed by atoms with E-state index in [0.29, 0.717) is 44.0 Å². The van der Waals surface area contributed by atoms with Crippen molar-refractivity contribution < 1.29 is 23.8 Å². The summed E-state index contributed by atoms with van der Waals surface area (Å²) in [5.41, 5.74) is 8.05. The lowest BCUT2D eigenvalue weighted by Crippen LogP contribution is -2.49. The van der Waals surface area contributed by atoms with Crippen LogP contribution in [0.1, 0.15) is 34.2 Å².